The second kappa shape index (κ2) is 16.0. The van der Waals surface area contributed by atoms with Crippen LogP contribution in [0.3, 0.4) is 0 Å². The summed E-state index contributed by atoms with van der Waals surface area (Å²) in [5, 5.41) is 14.9. The first-order valence-electron chi connectivity index (χ1n) is 12.2. The Kier molecular flexibility index (Phi) is 13.3. The highest BCUT2D eigenvalue weighted by atomic mass is 127. The molecule has 0 unspecified atom stereocenters. The van der Waals surface area contributed by atoms with E-state index in [0.29, 0.717) is 0 Å². The smallest absolute Gasteiger partial charge is 0.191 e. The summed E-state index contributed by atoms with van der Waals surface area (Å²) in [7, 11) is 0. The first kappa shape index (κ1) is 27.5. The second-order valence-electron chi connectivity index (χ2n) is 8.29. The predicted octanol–water partition coefficient (Wildman–Crippen LogP) is 2.61. The van der Waals surface area contributed by atoms with Crippen molar-refractivity contribution in [3.8, 4) is 0 Å². The topological polar surface area (TPSA) is 73.6 Å². The van der Waals surface area contributed by atoms with Gasteiger partial charge in [-0.2, -0.15) is 0 Å². The molecule has 1 aromatic heterocycles. The number of aromatic nitrogens is 3. The molecular weight excluding hydrogens is 527 g/mol. The molecule has 0 spiro atoms. The fraction of sp³-hybridized carbons (Fsp3) is 0.625. The maximum absolute atomic E-state index is 4.74. The maximum Gasteiger partial charge on any atom is 0.191 e. The highest BCUT2D eigenvalue weighted by Crippen LogP contribution is 2.09. The van der Waals surface area contributed by atoms with Crippen molar-refractivity contribution >= 4 is 29.9 Å². The minimum Gasteiger partial charge on any atom is -0.357 e. The molecule has 0 bridgehead atoms. The lowest BCUT2D eigenvalue weighted by Gasteiger charge is -2.34. The lowest BCUT2D eigenvalue weighted by atomic mass is 10.2. The summed E-state index contributed by atoms with van der Waals surface area (Å²) in [6.45, 7) is 14.5. The van der Waals surface area contributed by atoms with Crippen LogP contribution in [0.25, 0.3) is 0 Å². The van der Waals surface area contributed by atoms with Crippen LogP contribution in [0.4, 0.5) is 0 Å². The number of rotatable bonds is 12. The number of halogens is 1. The third-order valence-electron chi connectivity index (χ3n) is 5.87. The molecule has 0 amide bonds. The Morgan fingerprint density at radius 3 is 2.45 bits per heavy atom. The van der Waals surface area contributed by atoms with Crippen LogP contribution < -0.4 is 10.6 Å². The molecule has 8 nitrogen and oxygen atoms in total. The van der Waals surface area contributed by atoms with Gasteiger partial charge in [-0.1, -0.05) is 37.3 Å². The molecule has 0 atom stereocenters. The maximum atomic E-state index is 4.74. The van der Waals surface area contributed by atoms with E-state index < -0.39 is 0 Å². The summed E-state index contributed by atoms with van der Waals surface area (Å²) in [6.07, 6.45) is 5.01. The summed E-state index contributed by atoms with van der Waals surface area (Å²) in [4.78, 5) is 9.90. The summed E-state index contributed by atoms with van der Waals surface area (Å²) >= 11 is 0. The van der Waals surface area contributed by atoms with Gasteiger partial charge in [-0.25, -0.2) is 0 Å². The summed E-state index contributed by atoms with van der Waals surface area (Å²) in [5.74, 6) is 1.92. The summed E-state index contributed by atoms with van der Waals surface area (Å²) < 4.78 is 2.09. The molecule has 0 aliphatic carbocycles. The molecule has 1 aromatic carbocycles. The molecule has 184 valence electrons. The largest absolute Gasteiger partial charge is 0.357 e. The van der Waals surface area contributed by atoms with E-state index in [1.807, 2.05) is 0 Å². The van der Waals surface area contributed by atoms with Crippen molar-refractivity contribution in [3.63, 3.8) is 0 Å². The van der Waals surface area contributed by atoms with Gasteiger partial charge < -0.3 is 20.1 Å². The van der Waals surface area contributed by atoms with E-state index in [9.17, 15) is 0 Å². The average molecular weight is 569 g/mol. The quantitative estimate of drug-likeness (QED) is 0.178. The third kappa shape index (κ3) is 9.97. The van der Waals surface area contributed by atoms with Gasteiger partial charge in [0.2, 0.25) is 0 Å². The molecule has 33 heavy (non-hydrogen) atoms. The van der Waals surface area contributed by atoms with Crippen molar-refractivity contribution in [2.24, 2.45) is 4.99 Å². The molecule has 1 aliphatic heterocycles. The van der Waals surface area contributed by atoms with E-state index in [2.05, 4.69) is 79.4 Å². The minimum absolute atomic E-state index is 0. The van der Waals surface area contributed by atoms with Crippen molar-refractivity contribution in [1.82, 2.24) is 35.2 Å². The van der Waals surface area contributed by atoms with E-state index in [1.54, 1.807) is 6.33 Å². The van der Waals surface area contributed by atoms with Crippen LogP contribution in [0, 0.1) is 0 Å². The number of aliphatic imine (C=N–C) groups is 1. The molecule has 1 aliphatic rings. The van der Waals surface area contributed by atoms with Gasteiger partial charge in [0.05, 0.1) is 0 Å². The van der Waals surface area contributed by atoms with Crippen molar-refractivity contribution < 1.29 is 0 Å². The first-order chi connectivity index (χ1) is 15.8. The number of hydrogen-bond acceptors (Lipinski definition) is 5. The number of benzene rings is 1. The van der Waals surface area contributed by atoms with Gasteiger partial charge in [0.15, 0.2) is 5.96 Å². The van der Waals surface area contributed by atoms with Crippen molar-refractivity contribution in [1.29, 1.82) is 0 Å². The van der Waals surface area contributed by atoms with Crippen molar-refractivity contribution in [2.45, 2.75) is 46.2 Å². The molecule has 2 heterocycles. The molecule has 9 heteroatoms. The fourth-order valence-corrected chi connectivity index (χ4v) is 4.03. The molecule has 0 radical (unpaired) electrons. The van der Waals surface area contributed by atoms with E-state index in [1.165, 1.54) is 31.6 Å². The van der Waals surface area contributed by atoms with Crippen LogP contribution in [0.1, 0.15) is 38.1 Å². The molecule has 2 N–H and O–H groups in total. The van der Waals surface area contributed by atoms with Gasteiger partial charge in [0.25, 0.3) is 0 Å². The third-order valence-corrected chi connectivity index (χ3v) is 5.87. The van der Waals surface area contributed by atoms with Gasteiger partial charge in [-0.05, 0) is 31.9 Å². The Morgan fingerprint density at radius 2 is 1.73 bits per heavy atom. The zero-order chi connectivity index (χ0) is 22.4. The average Bonchev–Trinajstić information content (AvgIpc) is 3.28. The van der Waals surface area contributed by atoms with Gasteiger partial charge in [0, 0.05) is 65.3 Å². The number of aryl methyl sites for hydroxylation is 1. The monoisotopic (exact) mass is 568 g/mol. The zero-order valence-electron chi connectivity index (χ0n) is 20.2. The lowest BCUT2D eigenvalue weighted by molar-refractivity contribution is 0.126. The molecule has 1 fully saturated rings. The molecule has 3 rings (SSSR count). The van der Waals surface area contributed by atoms with Crippen LogP contribution in [0.15, 0.2) is 41.7 Å². The summed E-state index contributed by atoms with van der Waals surface area (Å²) in [6, 6.07) is 10.8. The number of hydrogen-bond donors (Lipinski definition) is 2. The molecule has 0 saturated carbocycles. The van der Waals surface area contributed by atoms with E-state index in [0.717, 1.165) is 70.4 Å². The normalized spacial score (nSPS) is 15.3. The minimum atomic E-state index is 0. The highest BCUT2D eigenvalue weighted by molar-refractivity contribution is 14.0. The van der Waals surface area contributed by atoms with Crippen LogP contribution in [0.2, 0.25) is 0 Å². The van der Waals surface area contributed by atoms with E-state index in [4.69, 9.17) is 4.99 Å². The van der Waals surface area contributed by atoms with E-state index >= 15 is 0 Å². The highest BCUT2D eigenvalue weighted by Gasteiger charge is 2.16. The zero-order valence-corrected chi connectivity index (χ0v) is 22.6. The second-order valence-corrected chi connectivity index (χ2v) is 8.29. The van der Waals surface area contributed by atoms with Gasteiger partial charge in [-0.15, -0.1) is 34.2 Å². The number of nitrogens with one attached hydrogen (secondary N) is 2. The van der Waals surface area contributed by atoms with Crippen molar-refractivity contribution in [2.75, 3.05) is 52.4 Å². The molecule has 2 aromatic rings. The number of unbranched alkanes of at least 4 members (excludes halogenated alkanes) is 1. The Labute approximate surface area is 216 Å². The number of piperazine rings is 1. The van der Waals surface area contributed by atoms with Gasteiger partial charge >= 0.3 is 0 Å². The molecule has 1 saturated heterocycles. The van der Waals surface area contributed by atoms with E-state index in [-0.39, 0.29) is 24.0 Å². The van der Waals surface area contributed by atoms with Crippen LogP contribution in [-0.4, -0.2) is 82.9 Å². The van der Waals surface area contributed by atoms with Crippen LogP contribution >= 0.6 is 24.0 Å². The predicted molar refractivity (Wildman–Crippen MR) is 146 cm³/mol. The van der Waals surface area contributed by atoms with Crippen molar-refractivity contribution in [3.05, 3.63) is 48.0 Å². The Hall–Kier alpha value is -1.72. The van der Waals surface area contributed by atoms with Gasteiger partial charge in [-0.3, -0.25) is 9.89 Å². The number of nitrogens with zero attached hydrogens (tertiary/aromatic N) is 6. The number of guanidine groups is 1. The van der Waals surface area contributed by atoms with Gasteiger partial charge in [0.1, 0.15) is 12.2 Å². The van der Waals surface area contributed by atoms with Crippen LogP contribution in [0.5, 0.6) is 0 Å². The van der Waals surface area contributed by atoms with Crippen LogP contribution in [-0.2, 0) is 19.5 Å². The Morgan fingerprint density at radius 1 is 0.970 bits per heavy atom. The first-order valence-corrected chi connectivity index (χ1v) is 12.2. The standard InChI is InChI=1S/C24H40N8.HI/c1-3-23-29-28-21-32(23)15-13-27-24(25-4-2)26-12-8-9-14-30-16-18-31(19-17-30)20-22-10-6-5-7-11-22;/h5-7,10-11,21H,3-4,8-9,12-20H2,1-2H3,(H2,25,26,27);1H. The SMILES string of the molecule is CCNC(=NCCCCN1CCN(Cc2ccccc2)CC1)NCCn1cnnc1CC.I. The fourth-order valence-electron chi connectivity index (χ4n) is 4.03. The Balaban J connectivity index is 0.00000385. The summed E-state index contributed by atoms with van der Waals surface area (Å²) in [5.41, 5.74) is 1.41. The lowest BCUT2D eigenvalue weighted by Crippen LogP contribution is -2.46. The molecular formula is C24H41IN8. The Bertz CT molecular complexity index is 787.